The fourth-order valence-electron chi connectivity index (χ4n) is 4.17. The number of nitrogens with zero attached hydrogens (tertiary/aromatic N) is 1. The number of carbonyl (C=O) groups excluding carboxylic acids is 2. The molecule has 2 aliphatic heterocycles. The topological polar surface area (TPSA) is 46.6 Å². The monoisotopic (exact) mass is 397 g/mol. The Morgan fingerprint density at radius 2 is 1.75 bits per heavy atom. The molecule has 1 amide bonds. The van der Waals surface area contributed by atoms with Gasteiger partial charge in [0, 0.05) is 36.5 Å². The maximum Gasteiger partial charge on any atom is 0.253 e. The van der Waals surface area contributed by atoms with Crippen LogP contribution in [0, 0.1) is 20.8 Å². The second-order valence-corrected chi connectivity index (χ2v) is 8.51. The van der Waals surface area contributed by atoms with Crippen molar-refractivity contribution in [3.63, 3.8) is 0 Å². The number of likely N-dealkylation sites (tertiary alicyclic amines) is 1. The molecule has 0 bridgehead atoms. The van der Waals surface area contributed by atoms with Gasteiger partial charge in [0.25, 0.3) is 5.91 Å². The molecule has 2 heterocycles. The average molecular weight is 398 g/mol. The van der Waals surface area contributed by atoms with Crippen LogP contribution in [0.15, 0.2) is 30.3 Å². The molecule has 4 rings (SSSR count). The van der Waals surface area contributed by atoms with E-state index < -0.39 is 5.60 Å². The summed E-state index contributed by atoms with van der Waals surface area (Å²) in [6.07, 6.45) is 1.64. The van der Waals surface area contributed by atoms with Crippen LogP contribution in [-0.2, 0) is 0 Å². The minimum absolute atomic E-state index is 0.0449. The summed E-state index contributed by atoms with van der Waals surface area (Å²) in [5.41, 5.74) is 3.94. The number of ether oxygens (including phenoxy) is 1. The molecule has 0 aliphatic carbocycles. The van der Waals surface area contributed by atoms with Crippen LogP contribution in [0.5, 0.6) is 5.75 Å². The summed E-state index contributed by atoms with van der Waals surface area (Å²) < 4.78 is 6.37. The Labute approximate surface area is 170 Å². The molecule has 1 fully saturated rings. The number of ketones is 1. The zero-order valence-corrected chi connectivity index (χ0v) is 17.2. The fraction of sp³-hybridized carbons (Fsp3) is 0.391. The molecule has 2 aromatic carbocycles. The van der Waals surface area contributed by atoms with E-state index in [1.807, 2.05) is 49.9 Å². The van der Waals surface area contributed by atoms with Crippen LogP contribution in [0.4, 0.5) is 0 Å². The van der Waals surface area contributed by atoms with Gasteiger partial charge in [0.15, 0.2) is 5.78 Å². The van der Waals surface area contributed by atoms with E-state index >= 15 is 0 Å². The van der Waals surface area contributed by atoms with Gasteiger partial charge in [-0.05, 0) is 61.7 Å². The Kier molecular flexibility index (Phi) is 4.70. The Morgan fingerprint density at radius 3 is 2.43 bits per heavy atom. The molecule has 0 N–H and O–H groups in total. The number of benzene rings is 2. The molecular weight excluding hydrogens is 374 g/mol. The highest BCUT2D eigenvalue weighted by molar-refractivity contribution is 6.31. The van der Waals surface area contributed by atoms with Gasteiger partial charge in [-0.3, -0.25) is 9.59 Å². The van der Waals surface area contributed by atoms with E-state index in [2.05, 4.69) is 0 Å². The van der Waals surface area contributed by atoms with Gasteiger partial charge in [-0.2, -0.15) is 0 Å². The molecule has 0 atom stereocenters. The predicted molar refractivity (Wildman–Crippen MR) is 110 cm³/mol. The third-order valence-corrected chi connectivity index (χ3v) is 6.28. The third-order valence-electron chi connectivity index (χ3n) is 6.06. The van der Waals surface area contributed by atoms with Crippen LogP contribution in [0.2, 0.25) is 5.02 Å². The van der Waals surface area contributed by atoms with E-state index in [-0.39, 0.29) is 11.7 Å². The van der Waals surface area contributed by atoms with E-state index in [4.69, 9.17) is 16.3 Å². The zero-order valence-electron chi connectivity index (χ0n) is 16.5. The second-order valence-electron chi connectivity index (χ2n) is 8.08. The summed E-state index contributed by atoms with van der Waals surface area (Å²) in [6.45, 7) is 7.14. The van der Waals surface area contributed by atoms with Crippen molar-refractivity contribution in [1.82, 2.24) is 4.90 Å². The molecule has 1 spiro atoms. The normalized spacial score (nSPS) is 18.0. The van der Waals surface area contributed by atoms with Crippen molar-refractivity contribution in [1.29, 1.82) is 0 Å². The predicted octanol–water partition coefficient (Wildman–Crippen LogP) is 4.91. The molecule has 5 heteroatoms. The Balaban J connectivity index is 1.51. The molecule has 1 saturated heterocycles. The molecule has 2 aliphatic rings. The smallest absolute Gasteiger partial charge is 0.253 e. The zero-order chi connectivity index (χ0) is 20.1. The van der Waals surface area contributed by atoms with E-state index in [9.17, 15) is 9.59 Å². The summed E-state index contributed by atoms with van der Waals surface area (Å²) >= 11 is 6.11. The molecule has 4 nitrogen and oxygen atoms in total. The van der Waals surface area contributed by atoms with Crippen molar-refractivity contribution in [3.05, 3.63) is 63.2 Å². The minimum Gasteiger partial charge on any atom is -0.486 e. The number of hydrogen-bond donors (Lipinski definition) is 0. The number of Topliss-reactive ketones (excluding diaryl/α,β-unsaturated/α-hetero) is 1. The lowest BCUT2D eigenvalue weighted by molar-refractivity contribution is -0.00617. The molecule has 146 valence electrons. The van der Waals surface area contributed by atoms with Crippen LogP contribution in [0.25, 0.3) is 0 Å². The molecule has 0 aromatic heterocycles. The first-order chi connectivity index (χ1) is 13.3. The number of carbonyl (C=O) groups is 2. The van der Waals surface area contributed by atoms with Gasteiger partial charge in [-0.15, -0.1) is 0 Å². The average Bonchev–Trinajstić information content (AvgIpc) is 2.65. The van der Waals surface area contributed by atoms with Crippen LogP contribution in [0.1, 0.15) is 56.7 Å². The fourth-order valence-corrected chi connectivity index (χ4v) is 4.44. The van der Waals surface area contributed by atoms with Crippen LogP contribution < -0.4 is 4.74 Å². The summed E-state index contributed by atoms with van der Waals surface area (Å²) in [7, 11) is 0. The lowest BCUT2D eigenvalue weighted by Gasteiger charge is -2.44. The number of rotatable bonds is 1. The number of halogens is 1. The molecular formula is C23H24ClNO3. The minimum atomic E-state index is -0.525. The van der Waals surface area contributed by atoms with Crippen molar-refractivity contribution >= 4 is 23.3 Å². The first-order valence-corrected chi connectivity index (χ1v) is 10.0. The largest absolute Gasteiger partial charge is 0.486 e. The number of amides is 1. The third kappa shape index (κ3) is 3.30. The number of hydrogen-bond acceptors (Lipinski definition) is 3. The quantitative estimate of drug-likeness (QED) is 0.687. The maximum absolute atomic E-state index is 12.9. The lowest BCUT2D eigenvalue weighted by atomic mass is 9.82. The van der Waals surface area contributed by atoms with Crippen molar-refractivity contribution < 1.29 is 14.3 Å². The van der Waals surface area contributed by atoms with E-state index in [1.54, 1.807) is 6.07 Å². The highest BCUT2D eigenvalue weighted by Gasteiger charge is 2.44. The van der Waals surface area contributed by atoms with Gasteiger partial charge in [-0.25, -0.2) is 0 Å². The summed E-state index contributed by atoms with van der Waals surface area (Å²) in [5.74, 6) is 0.763. The summed E-state index contributed by atoms with van der Waals surface area (Å²) in [5, 5.41) is 0.554. The Morgan fingerprint density at radius 1 is 1.04 bits per heavy atom. The second kappa shape index (κ2) is 6.93. The van der Waals surface area contributed by atoms with Crippen molar-refractivity contribution in [2.45, 2.75) is 45.6 Å². The highest BCUT2D eigenvalue weighted by Crippen LogP contribution is 2.42. The van der Waals surface area contributed by atoms with E-state index in [0.29, 0.717) is 48.7 Å². The van der Waals surface area contributed by atoms with Crippen molar-refractivity contribution in [2.24, 2.45) is 0 Å². The first kappa shape index (κ1) is 19.0. The van der Waals surface area contributed by atoms with Crippen LogP contribution >= 0.6 is 11.6 Å². The van der Waals surface area contributed by atoms with Gasteiger partial charge in [0.05, 0.1) is 12.0 Å². The highest BCUT2D eigenvalue weighted by atomic mass is 35.5. The molecule has 28 heavy (non-hydrogen) atoms. The van der Waals surface area contributed by atoms with E-state index in [0.717, 1.165) is 16.7 Å². The Hall–Kier alpha value is -2.33. The van der Waals surface area contributed by atoms with Crippen LogP contribution in [-0.4, -0.2) is 35.3 Å². The van der Waals surface area contributed by atoms with E-state index in [1.165, 1.54) is 5.56 Å². The number of fused-ring (bicyclic) bond motifs is 1. The standard InChI is InChI=1S/C23H24ClNO3/c1-14-4-5-17(10-15(14)2)22(27)25-8-6-23(7-9-25)13-20(26)19-12-18(24)11-16(3)21(19)28-23/h4-5,10-12H,6-9,13H2,1-3H3. The molecule has 0 unspecified atom stereocenters. The van der Waals surface area contributed by atoms with Crippen LogP contribution in [0.3, 0.4) is 0 Å². The summed E-state index contributed by atoms with van der Waals surface area (Å²) in [6, 6.07) is 9.34. The van der Waals surface area contributed by atoms with Gasteiger partial charge < -0.3 is 9.64 Å². The lowest BCUT2D eigenvalue weighted by Crippen LogP contribution is -2.52. The Bertz CT molecular complexity index is 974. The number of aryl methyl sites for hydroxylation is 3. The van der Waals surface area contributed by atoms with Gasteiger partial charge in [0.1, 0.15) is 11.4 Å². The van der Waals surface area contributed by atoms with Gasteiger partial charge in [0.2, 0.25) is 0 Å². The van der Waals surface area contributed by atoms with Gasteiger partial charge >= 0.3 is 0 Å². The first-order valence-electron chi connectivity index (χ1n) is 9.67. The van der Waals surface area contributed by atoms with Gasteiger partial charge in [-0.1, -0.05) is 17.7 Å². The van der Waals surface area contributed by atoms with Crippen molar-refractivity contribution in [2.75, 3.05) is 13.1 Å². The molecule has 2 aromatic rings. The molecule has 0 saturated carbocycles. The summed E-state index contributed by atoms with van der Waals surface area (Å²) in [4.78, 5) is 27.5. The maximum atomic E-state index is 12.9. The van der Waals surface area contributed by atoms with Crippen molar-refractivity contribution in [3.8, 4) is 5.75 Å². The number of piperidine rings is 1. The molecule has 0 radical (unpaired) electrons. The SMILES string of the molecule is Cc1ccc(C(=O)N2CCC3(CC2)CC(=O)c2cc(Cl)cc(C)c2O3)cc1C.